The summed E-state index contributed by atoms with van der Waals surface area (Å²) in [5, 5.41) is 8.64. The predicted molar refractivity (Wildman–Crippen MR) is 95.4 cm³/mol. The van der Waals surface area contributed by atoms with Crippen LogP contribution in [0.1, 0.15) is 22.8 Å². The zero-order valence-corrected chi connectivity index (χ0v) is 14.5. The first-order chi connectivity index (χ1) is 12.2. The van der Waals surface area contributed by atoms with Gasteiger partial charge in [-0.1, -0.05) is 36.0 Å². The van der Waals surface area contributed by atoms with E-state index in [4.69, 9.17) is 14.9 Å². The number of hydrogen-bond donors (Lipinski definition) is 1. The Labute approximate surface area is 149 Å². The summed E-state index contributed by atoms with van der Waals surface area (Å²) in [5.74, 6) is 1.35. The van der Waals surface area contributed by atoms with E-state index < -0.39 is 5.91 Å². The third-order valence-corrected chi connectivity index (χ3v) is 4.31. The Balaban J connectivity index is 1.69. The molecule has 25 heavy (non-hydrogen) atoms. The van der Waals surface area contributed by atoms with Gasteiger partial charge in [0.1, 0.15) is 5.75 Å². The summed E-state index contributed by atoms with van der Waals surface area (Å²) >= 11 is 1.43. The summed E-state index contributed by atoms with van der Waals surface area (Å²) < 4.78 is 11.3. The van der Waals surface area contributed by atoms with E-state index in [0.717, 1.165) is 11.1 Å². The number of benzene rings is 2. The molecule has 3 rings (SSSR count). The standard InChI is InChI=1S/C18H17N3O3S/c1-2-23-15-6-4-3-5-14(15)17-20-21-18(24-17)25-11-12-7-9-13(10-8-12)16(19)22/h3-10H,2,11H2,1H3,(H2,19,22). The fourth-order valence-corrected chi connectivity index (χ4v) is 2.93. The molecule has 1 aromatic heterocycles. The largest absolute Gasteiger partial charge is 0.493 e. The molecule has 0 unspecified atom stereocenters. The number of carbonyl (C=O) groups is 1. The Morgan fingerprint density at radius 3 is 2.64 bits per heavy atom. The topological polar surface area (TPSA) is 91.2 Å². The van der Waals surface area contributed by atoms with Crippen molar-refractivity contribution in [3.8, 4) is 17.2 Å². The first-order valence-electron chi connectivity index (χ1n) is 7.74. The van der Waals surface area contributed by atoms with Crippen LogP contribution in [0.15, 0.2) is 58.2 Å². The summed E-state index contributed by atoms with van der Waals surface area (Å²) in [6.45, 7) is 2.49. The molecule has 0 saturated heterocycles. The second-order valence-corrected chi connectivity index (χ2v) is 6.08. The van der Waals surface area contributed by atoms with E-state index in [1.807, 2.05) is 43.3 Å². The highest BCUT2D eigenvalue weighted by Gasteiger charge is 2.13. The van der Waals surface area contributed by atoms with Crippen molar-refractivity contribution in [2.24, 2.45) is 5.73 Å². The first-order valence-corrected chi connectivity index (χ1v) is 8.73. The van der Waals surface area contributed by atoms with Crippen LogP contribution in [-0.4, -0.2) is 22.7 Å². The quantitative estimate of drug-likeness (QED) is 0.652. The second-order valence-electron chi connectivity index (χ2n) is 5.15. The Kier molecular flexibility index (Phi) is 5.35. The summed E-state index contributed by atoms with van der Waals surface area (Å²) in [7, 11) is 0. The fourth-order valence-electron chi connectivity index (χ4n) is 2.21. The molecule has 1 heterocycles. The van der Waals surface area contributed by atoms with Crippen molar-refractivity contribution in [1.82, 2.24) is 10.2 Å². The molecule has 0 aliphatic carbocycles. The SMILES string of the molecule is CCOc1ccccc1-c1nnc(SCc2ccc(C(N)=O)cc2)o1. The van der Waals surface area contributed by atoms with Gasteiger partial charge in [-0.15, -0.1) is 10.2 Å². The van der Waals surface area contributed by atoms with Crippen LogP contribution in [0.3, 0.4) is 0 Å². The lowest BCUT2D eigenvalue weighted by Gasteiger charge is -2.06. The number of ether oxygens (including phenoxy) is 1. The highest BCUT2D eigenvalue weighted by atomic mass is 32.2. The molecule has 2 aromatic carbocycles. The van der Waals surface area contributed by atoms with Gasteiger partial charge in [-0.3, -0.25) is 4.79 Å². The molecule has 0 saturated carbocycles. The van der Waals surface area contributed by atoms with Crippen LogP contribution < -0.4 is 10.5 Å². The van der Waals surface area contributed by atoms with Crippen LogP contribution >= 0.6 is 11.8 Å². The van der Waals surface area contributed by atoms with Crippen LogP contribution in [0, 0.1) is 0 Å². The average molecular weight is 355 g/mol. The van der Waals surface area contributed by atoms with Crippen molar-refractivity contribution in [3.05, 3.63) is 59.7 Å². The van der Waals surface area contributed by atoms with E-state index in [2.05, 4.69) is 10.2 Å². The molecular weight excluding hydrogens is 338 g/mol. The van der Waals surface area contributed by atoms with E-state index in [1.165, 1.54) is 11.8 Å². The summed E-state index contributed by atoms with van der Waals surface area (Å²) in [4.78, 5) is 11.1. The molecule has 0 fully saturated rings. The minimum absolute atomic E-state index is 0.427. The van der Waals surface area contributed by atoms with Crippen LogP contribution in [0.25, 0.3) is 11.5 Å². The lowest BCUT2D eigenvalue weighted by molar-refractivity contribution is 0.100. The van der Waals surface area contributed by atoms with Crippen molar-refractivity contribution in [2.45, 2.75) is 17.9 Å². The lowest BCUT2D eigenvalue weighted by Crippen LogP contribution is -2.10. The number of para-hydroxylation sites is 1. The number of nitrogens with zero attached hydrogens (tertiary/aromatic N) is 2. The van der Waals surface area contributed by atoms with Gasteiger partial charge in [0, 0.05) is 11.3 Å². The monoisotopic (exact) mass is 355 g/mol. The normalized spacial score (nSPS) is 10.6. The summed E-state index contributed by atoms with van der Waals surface area (Å²) in [6, 6.07) is 14.7. The van der Waals surface area contributed by atoms with Crippen LogP contribution in [-0.2, 0) is 5.75 Å². The van der Waals surface area contributed by atoms with E-state index in [0.29, 0.717) is 34.8 Å². The molecule has 1 amide bonds. The van der Waals surface area contributed by atoms with E-state index >= 15 is 0 Å². The van der Waals surface area contributed by atoms with Gasteiger partial charge in [-0.05, 0) is 36.8 Å². The number of amides is 1. The smallest absolute Gasteiger partial charge is 0.277 e. The maximum absolute atomic E-state index is 11.1. The Bertz CT molecular complexity index is 862. The Morgan fingerprint density at radius 2 is 1.92 bits per heavy atom. The second kappa shape index (κ2) is 7.85. The van der Waals surface area contributed by atoms with Crippen molar-refractivity contribution < 1.29 is 13.9 Å². The molecular formula is C18H17N3O3S. The third kappa shape index (κ3) is 4.19. The lowest BCUT2D eigenvalue weighted by atomic mass is 10.1. The van der Waals surface area contributed by atoms with Gasteiger partial charge in [0.25, 0.3) is 11.1 Å². The summed E-state index contributed by atoms with van der Waals surface area (Å²) in [5.41, 5.74) is 7.52. The highest BCUT2D eigenvalue weighted by molar-refractivity contribution is 7.98. The molecule has 0 spiro atoms. The van der Waals surface area contributed by atoms with Crippen LogP contribution in [0.2, 0.25) is 0 Å². The Hall–Kier alpha value is -2.80. The maximum atomic E-state index is 11.1. The van der Waals surface area contributed by atoms with Gasteiger partial charge in [0.2, 0.25) is 5.91 Å². The molecule has 0 bridgehead atoms. The molecule has 0 aliphatic heterocycles. The molecule has 7 heteroatoms. The minimum atomic E-state index is -0.436. The van der Waals surface area contributed by atoms with Gasteiger partial charge < -0.3 is 14.9 Å². The number of carbonyl (C=O) groups excluding carboxylic acids is 1. The third-order valence-electron chi connectivity index (χ3n) is 3.42. The number of nitrogens with two attached hydrogens (primary N) is 1. The average Bonchev–Trinajstić information content (AvgIpc) is 3.10. The van der Waals surface area contributed by atoms with E-state index in [-0.39, 0.29) is 0 Å². The van der Waals surface area contributed by atoms with Crippen molar-refractivity contribution >= 4 is 17.7 Å². The van der Waals surface area contributed by atoms with Crippen molar-refractivity contribution in [2.75, 3.05) is 6.61 Å². The molecule has 3 aromatic rings. The number of thioether (sulfide) groups is 1. The fraction of sp³-hybridized carbons (Fsp3) is 0.167. The number of rotatable bonds is 7. The van der Waals surface area contributed by atoms with E-state index in [1.54, 1.807) is 12.1 Å². The van der Waals surface area contributed by atoms with Gasteiger partial charge in [0.15, 0.2) is 0 Å². The molecule has 0 atom stereocenters. The van der Waals surface area contributed by atoms with Gasteiger partial charge in [-0.2, -0.15) is 0 Å². The molecule has 6 nitrogen and oxygen atoms in total. The summed E-state index contributed by atoms with van der Waals surface area (Å²) in [6.07, 6.45) is 0. The Morgan fingerprint density at radius 1 is 1.16 bits per heavy atom. The zero-order valence-electron chi connectivity index (χ0n) is 13.6. The highest BCUT2D eigenvalue weighted by Crippen LogP contribution is 2.31. The van der Waals surface area contributed by atoms with Crippen LogP contribution in [0.5, 0.6) is 5.75 Å². The van der Waals surface area contributed by atoms with E-state index in [9.17, 15) is 4.79 Å². The molecule has 128 valence electrons. The molecule has 0 aliphatic rings. The zero-order chi connectivity index (χ0) is 17.6. The molecule has 2 N–H and O–H groups in total. The minimum Gasteiger partial charge on any atom is -0.493 e. The van der Waals surface area contributed by atoms with Crippen molar-refractivity contribution in [3.63, 3.8) is 0 Å². The van der Waals surface area contributed by atoms with Gasteiger partial charge in [-0.25, -0.2) is 0 Å². The van der Waals surface area contributed by atoms with Crippen LogP contribution in [0.4, 0.5) is 0 Å². The maximum Gasteiger partial charge on any atom is 0.277 e. The number of aromatic nitrogens is 2. The molecule has 0 radical (unpaired) electrons. The number of primary amides is 1. The number of hydrogen-bond acceptors (Lipinski definition) is 6. The first kappa shape index (κ1) is 17.0. The van der Waals surface area contributed by atoms with Gasteiger partial charge in [0.05, 0.1) is 12.2 Å². The predicted octanol–water partition coefficient (Wildman–Crippen LogP) is 3.53. The van der Waals surface area contributed by atoms with Gasteiger partial charge >= 0.3 is 0 Å². The van der Waals surface area contributed by atoms with Crippen molar-refractivity contribution in [1.29, 1.82) is 0 Å².